The van der Waals surface area contributed by atoms with E-state index < -0.39 is 6.17 Å². The number of fused-ring (bicyclic) bond motifs is 1. The fraction of sp³-hybridized carbons (Fsp3) is 0.333. The van der Waals surface area contributed by atoms with Gasteiger partial charge in [0.15, 0.2) is 0 Å². The van der Waals surface area contributed by atoms with Gasteiger partial charge in [0, 0.05) is 49.5 Å². The van der Waals surface area contributed by atoms with E-state index in [-0.39, 0.29) is 12.5 Å². The molecule has 1 aliphatic heterocycles. The minimum Gasteiger partial charge on any atom is -0.310 e. The lowest BCUT2D eigenvalue weighted by Crippen LogP contribution is -2.32. The van der Waals surface area contributed by atoms with E-state index in [1.807, 2.05) is 25.4 Å². The van der Waals surface area contributed by atoms with Gasteiger partial charge >= 0.3 is 0 Å². The maximum Gasteiger partial charge on any atom is 0.239 e. The Kier molecular flexibility index (Phi) is 4.34. The Balaban J connectivity index is 1.51. The van der Waals surface area contributed by atoms with Gasteiger partial charge in [-0.3, -0.25) is 14.4 Å². The zero-order chi connectivity index (χ0) is 18.1. The highest BCUT2D eigenvalue weighted by Gasteiger charge is 2.23. The number of alkyl halides is 1. The van der Waals surface area contributed by atoms with Crippen LogP contribution in [0.15, 0.2) is 36.8 Å². The fourth-order valence-electron chi connectivity index (χ4n) is 3.11. The van der Waals surface area contributed by atoms with E-state index in [2.05, 4.69) is 20.4 Å². The van der Waals surface area contributed by atoms with Crippen molar-refractivity contribution >= 4 is 22.6 Å². The molecule has 4 rings (SSSR count). The minimum atomic E-state index is -0.836. The second-order valence-electron chi connectivity index (χ2n) is 6.53. The molecule has 7 nitrogen and oxygen atoms in total. The number of hydrogen-bond acceptors (Lipinski definition) is 5. The molecule has 0 unspecified atom stereocenters. The van der Waals surface area contributed by atoms with Crippen molar-refractivity contribution in [2.45, 2.75) is 12.6 Å². The number of carbonyl (C=O) groups excluding carboxylic acids is 1. The number of aromatic nitrogens is 4. The maximum absolute atomic E-state index is 13.2. The highest BCUT2D eigenvalue weighted by Crippen LogP contribution is 2.21. The molecular weight excluding hydrogens is 335 g/mol. The lowest BCUT2D eigenvalue weighted by atomic mass is 10.2. The minimum absolute atomic E-state index is 0.170. The maximum atomic E-state index is 13.2. The molecule has 1 amide bonds. The summed E-state index contributed by atoms with van der Waals surface area (Å²) in [7, 11) is 1.85. The van der Waals surface area contributed by atoms with Crippen molar-refractivity contribution in [1.29, 1.82) is 0 Å². The third kappa shape index (κ3) is 3.55. The SMILES string of the molecule is Cn1cc(-c2ccc3cnc(NC(=O)CN4CC[C@H](F)C4)cc3n2)cn1. The first-order valence-electron chi connectivity index (χ1n) is 8.49. The van der Waals surface area contributed by atoms with Gasteiger partial charge in [-0.15, -0.1) is 0 Å². The summed E-state index contributed by atoms with van der Waals surface area (Å²) in [5.74, 6) is 0.240. The molecule has 0 aromatic carbocycles. The van der Waals surface area contributed by atoms with Gasteiger partial charge < -0.3 is 5.32 Å². The lowest BCUT2D eigenvalue weighted by Gasteiger charge is -2.14. The van der Waals surface area contributed by atoms with Crippen molar-refractivity contribution in [3.63, 3.8) is 0 Å². The van der Waals surface area contributed by atoms with Crippen LogP contribution in [0.25, 0.3) is 22.2 Å². The summed E-state index contributed by atoms with van der Waals surface area (Å²) < 4.78 is 14.9. The summed E-state index contributed by atoms with van der Waals surface area (Å²) in [5, 5.41) is 7.81. The molecule has 4 heterocycles. The van der Waals surface area contributed by atoms with E-state index in [0.717, 1.165) is 22.2 Å². The average Bonchev–Trinajstić information content (AvgIpc) is 3.22. The molecule has 1 atom stereocenters. The van der Waals surface area contributed by atoms with Crippen LogP contribution in [0.2, 0.25) is 0 Å². The summed E-state index contributed by atoms with van der Waals surface area (Å²) >= 11 is 0. The Morgan fingerprint density at radius 2 is 2.27 bits per heavy atom. The number of likely N-dealkylation sites (tertiary alicyclic amines) is 1. The molecule has 8 heteroatoms. The Morgan fingerprint density at radius 1 is 1.38 bits per heavy atom. The zero-order valence-electron chi connectivity index (χ0n) is 14.4. The molecule has 26 heavy (non-hydrogen) atoms. The molecule has 134 valence electrons. The van der Waals surface area contributed by atoms with Gasteiger partial charge in [0.1, 0.15) is 12.0 Å². The van der Waals surface area contributed by atoms with Crippen LogP contribution in [-0.2, 0) is 11.8 Å². The van der Waals surface area contributed by atoms with Crippen LogP contribution in [0, 0.1) is 0 Å². The first-order valence-corrected chi connectivity index (χ1v) is 8.49. The Labute approximate surface area is 149 Å². The largest absolute Gasteiger partial charge is 0.310 e. The molecule has 0 aliphatic carbocycles. The van der Waals surface area contributed by atoms with Gasteiger partial charge in [-0.25, -0.2) is 14.4 Å². The van der Waals surface area contributed by atoms with Crippen LogP contribution in [-0.4, -0.2) is 56.4 Å². The van der Waals surface area contributed by atoms with Gasteiger partial charge in [-0.2, -0.15) is 5.10 Å². The monoisotopic (exact) mass is 354 g/mol. The molecule has 1 saturated heterocycles. The summed E-state index contributed by atoms with van der Waals surface area (Å²) in [5.41, 5.74) is 2.47. The van der Waals surface area contributed by atoms with Crippen LogP contribution in [0.3, 0.4) is 0 Å². The van der Waals surface area contributed by atoms with Crippen LogP contribution < -0.4 is 5.32 Å². The highest BCUT2D eigenvalue weighted by atomic mass is 19.1. The van der Waals surface area contributed by atoms with E-state index >= 15 is 0 Å². The normalized spacial score (nSPS) is 17.7. The number of hydrogen-bond donors (Lipinski definition) is 1. The molecule has 1 N–H and O–H groups in total. The summed E-state index contributed by atoms with van der Waals surface area (Å²) in [6, 6.07) is 5.60. The number of rotatable bonds is 4. The third-order valence-electron chi connectivity index (χ3n) is 4.42. The summed E-state index contributed by atoms with van der Waals surface area (Å²) in [6.07, 6.45) is 4.98. The number of carbonyl (C=O) groups is 1. The van der Waals surface area contributed by atoms with E-state index in [1.165, 1.54) is 0 Å². The number of amides is 1. The van der Waals surface area contributed by atoms with Gasteiger partial charge in [0.05, 0.1) is 24.0 Å². The van der Waals surface area contributed by atoms with E-state index in [4.69, 9.17) is 0 Å². The summed E-state index contributed by atoms with van der Waals surface area (Å²) in [4.78, 5) is 22.9. The summed E-state index contributed by atoms with van der Waals surface area (Å²) in [6.45, 7) is 1.09. The van der Waals surface area contributed by atoms with Crippen LogP contribution in [0.1, 0.15) is 6.42 Å². The van der Waals surface area contributed by atoms with Crippen LogP contribution >= 0.6 is 0 Å². The quantitative estimate of drug-likeness (QED) is 0.776. The number of aryl methyl sites for hydroxylation is 1. The van der Waals surface area contributed by atoms with Crippen molar-refractivity contribution in [3.05, 3.63) is 36.8 Å². The molecular formula is C18H19FN6O. The smallest absolute Gasteiger partial charge is 0.239 e. The van der Waals surface area contributed by atoms with E-state index in [0.29, 0.717) is 25.3 Å². The predicted molar refractivity (Wildman–Crippen MR) is 96.3 cm³/mol. The molecule has 1 fully saturated rings. The van der Waals surface area contributed by atoms with E-state index in [1.54, 1.807) is 28.0 Å². The number of nitrogens with zero attached hydrogens (tertiary/aromatic N) is 5. The van der Waals surface area contributed by atoms with Crippen LogP contribution in [0.4, 0.5) is 10.2 Å². The lowest BCUT2D eigenvalue weighted by molar-refractivity contribution is -0.117. The number of halogens is 1. The Morgan fingerprint density at radius 3 is 3.00 bits per heavy atom. The predicted octanol–water partition coefficient (Wildman–Crippen LogP) is 2.01. The molecule has 0 bridgehead atoms. The number of pyridine rings is 2. The molecule has 0 spiro atoms. The first-order chi connectivity index (χ1) is 12.6. The van der Waals surface area contributed by atoms with Gasteiger partial charge in [-0.1, -0.05) is 0 Å². The number of anilines is 1. The van der Waals surface area contributed by atoms with Crippen molar-refractivity contribution < 1.29 is 9.18 Å². The molecule has 3 aromatic heterocycles. The second kappa shape index (κ2) is 6.80. The average molecular weight is 354 g/mol. The van der Waals surface area contributed by atoms with Crippen molar-refractivity contribution in [3.8, 4) is 11.3 Å². The molecule has 0 saturated carbocycles. The highest BCUT2D eigenvalue weighted by molar-refractivity contribution is 5.93. The van der Waals surface area contributed by atoms with Crippen molar-refractivity contribution in [2.24, 2.45) is 7.05 Å². The van der Waals surface area contributed by atoms with Crippen molar-refractivity contribution in [1.82, 2.24) is 24.6 Å². The second-order valence-corrected chi connectivity index (χ2v) is 6.53. The Hall–Kier alpha value is -2.87. The standard InChI is InChI=1S/C18H19FN6O/c1-24-9-13(8-21-24)15-3-2-12-7-20-17(6-16(12)22-15)23-18(26)11-25-5-4-14(19)10-25/h2-3,6-9,14H,4-5,10-11H2,1H3,(H,20,23,26)/t14-/m0/s1. The zero-order valence-corrected chi connectivity index (χ0v) is 14.4. The molecule has 1 aliphatic rings. The Bertz CT molecular complexity index is 956. The fourth-order valence-corrected chi connectivity index (χ4v) is 3.11. The van der Waals surface area contributed by atoms with Gasteiger partial charge in [0.25, 0.3) is 0 Å². The molecule has 0 radical (unpaired) electrons. The molecule has 3 aromatic rings. The third-order valence-corrected chi connectivity index (χ3v) is 4.42. The van der Waals surface area contributed by atoms with Gasteiger partial charge in [-0.05, 0) is 18.6 Å². The topological polar surface area (TPSA) is 75.9 Å². The first kappa shape index (κ1) is 16.6. The van der Waals surface area contributed by atoms with Crippen LogP contribution in [0.5, 0.6) is 0 Å². The number of nitrogens with one attached hydrogen (secondary N) is 1. The van der Waals surface area contributed by atoms with Gasteiger partial charge in [0.2, 0.25) is 5.91 Å². The van der Waals surface area contributed by atoms with Crippen molar-refractivity contribution in [2.75, 3.05) is 25.0 Å². The van der Waals surface area contributed by atoms with E-state index in [9.17, 15) is 9.18 Å².